The maximum absolute atomic E-state index is 14.8. The van der Waals surface area contributed by atoms with Crippen molar-refractivity contribution in [3.63, 3.8) is 0 Å². The minimum atomic E-state index is -0.591. The first-order valence-corrected chi connectivity index (χ1v) is 47.0. The number of benzene rings is 5. The Bertz CT molecular complexity index is 7500. The van der Waals surface area contributed by atoms with Gasteiger partial charge in [-0.25, -0.2) is 49.2 Å². The third-order valence-electron chi connectivity index (χ3n) is 25.0. The molecule has 142 heavy (non-hydrogen) atoms. The molecule has 0 bridgehead atoms. The molecule has 0 saturated heterocycles. The van der Waals surface area contributed by atoms with Gasteiger partial charge in [0.05, 0.1) is 98.4 Å². The topological polar surface area (TPSA) is 406 Å². The molecule has 0 unspecified atom stereocenters. The molecular weight excluding hydrogens is 1960 g/mol. The SMILES string of the molecule is Cc1cc(F)c(C(=O)Nc2cccc(-c3nncn3C(C)C)n2)cc1-n1cnc(C2CC2)c1.Cc1cc(N)c(C(=O)Nc2cccc(-c3nncn3C(C)C)n2)cc1-n1cnc(C2CC2)c1.Cc1cc(NCc2ccccc2)c(C(=O)Nc2cccc(-c3nncn3C(C)C)n2)cc1-n1cnc(C2CC2)c1.Cc1cc2ncn(-c3cccc(-c4nncn4C(C)C)n3)c(=O)c2cc1-n1cnc(C2CC2)c1.[CH3-].[W]. The van der Waals surface area contributed by atoms with Crippen molar-refractivity contribution in [2.75, 3.05) is 27.0 Å². The van der Waals surface area contributed by atoms with E-state index in [9.17, 15) is 23.6 Å². The van der Waals surface area contributed by atoms with Gasteiger partial charge in [0.1, 0.15) is 83.5 Å². The van der Waals surface area contributed by atoms with E-state index in [2.05, 4.69) is 161 Å². The summed E-state index contributed by atoms with van der Waals surface area (Å²) in [7, 11) is 0. The number of carbonyl (C=O) groups excluding carboxylic acids is 3. The van der Waals surface area contributed by atoms with Gasteiger partial charge < -0.3 is 71.0 Å². The van der Waals surface area contributed by atoms with E-state index in [-0.39, 0.29) is 75.6 Å². The van der Waals surface area contributed by atoms with Crippen LogP contribution in [-0.2, 0) is 27.6 Å². The zero-order valence-electron chi connectivity index (χ0n) is 81.0. The summed E-state index contributed by atoms with van der Waals surface area (Å²) in [6.45, 7) is 24.8. The molecule has 4 aliphatic carbocycles. The predicted molar refractivity (Wildman–Crippen MR) is 539 cm³/mol. The summed E-state index contributed by atoms with van der Waals surface area (Å²) in [6, 6.07) is 46.8. The molecule has 5 aromatic carbocycles. The molecule has 3 amide bonds. The van der Waals surface area contributed by atoms with E-state index in [0.717, 1.165) is 86.2 Å². The quantitative estimate of drug-likeness (QED) is 0.0248. The Morgan fingerprint density at radius 1 is 0.394 bits per heavy atom. The van der Waals surface area contributed by atoms with Crippen molar-refractivity contribution in [2.45, 2.75) is 189 Å². The van der Waals surface area contributed by atoms with Gasteiger partial charge in [-0.3, -0.25) is 23.7 Å². The van der Waals surface area contributed by atoms with Crippen molar-refractivity contribution in [3.05, 3.63) is 324 Å². The van der Waals surface area contributed by atoms with Gasteiger partial charge in [0.2, 0.25) is 0 Å². The zero-order chi connectivity index (χ0) is 97.3. The van der Waals surface area contributed by atoms with Crippen molar-refractivity contribution in [1.82, 2.24) is 127 Å². The number of nitrogens with zero attached hydrogens (tertiary/aromatic N) is 26. The number of anilines is 5. The Kier molecular flexibility index (Phi) is 28.8. The molecule has 13 heterocycles. The number of nitrogens with two attached hydrogens (primary N) is 1. The van der Waals surface area contributed by atoms with Crippen LogP contribution in [0.5, 0.6) is 0 Å². The number of amides is 3. The zero-order valence-corrected chi connectivity index (χ0v) is 84.0. The van der Waals surface area contributed by atoms with E-state index in [4.69, 9.17) is 10.7 Å². The molecule has 4 aliphatic rings. The molecular formula is C105H109FN31O4W-. The van der Waals surface area contributed by atoms with Crippen LogP contribution in [0.25, 0.3) is 85.5 Å². The van der Waals surface area contributed by atoms with Gasteiger partial charge in [0.15, 0.2) is 23.3 Å². The average Bonchev–Trinajstić information content (AvgIpc) is 1.64. The largest absolute Gasteiger partial charge is 0.398 e. The molecule has 4 fully saturated rings. The molecule has 0 atom stereocenters. The molecule has 18 aromatic rings. The number of aryl methyl sites for hydroxylation is 4. The van der Waals surface area contributed by atoms with Crippen LogP contribution in [0.2, 0.25) is 0 Å². The van der Waals surface area contributed by atoms with Crippen LogP contribution in [0.3, 0.4) is 0 Å². The van der Waals surface area contributed by atoms with Gasteiger partial charge in [-0.1, -0.05) is 54.6 Å². The van der Waals surface area contributed by atoms with Gasteiger partial charge in [0, 0.05) is 112 Å². The summed E-state index contributed by atoms with van der Waals surface area (Å²) in [5.74, 6) is 4.62. The molecule has 722 valence electrons. The second-order valence-corrected chi connectivity index (χ2v) is 37.0. The molecule has 0 spiro atoms. The number of nitrogens with one attached hydrogen (secondary N) is 4. The fraction of sp³-hybridized carbons (Fsp3) is 0.276. The maximum atomic E-state index is 14.8. The number of hydrogen-bond donors (Lipinski definition) is 5. The normalized spacial score (nSPS) is 13.2. The molecule has 37 heteroatoms. The third-order valence-corrected chi connectivity index (χ3v) is 25.0. The standard InChI is InChI=1S/C31H32N8O.C25H24N8O.C24H24FN7O.C24H26N8O.CH3.W/c1-20(2)39-19-34-37-30(39)25-10-7-11-29(35-25)36-31(40)24-15-28(38-17-27(33-18-38)23-12-13-23)21(3)14-26(24)32-16-22-8-5-4-6-9-22;1-15(2)32-14-28-30-24(32)19-5-4-6-23(29-19)33-13-27-20-9-16(3)22(10-18(20)25(33)34)31-11-21(26-12-31)17-7-8-17;2*1-14(2)32-13-27-30-23(32)19-5-4-6-22(28-19)29-24(33)17-10-21(15(3)9-18(17)25)31-11-20(26-12-31)16-7-8-16;;/h4-11,14-15,17-20,23,32H,12-13,16H2,1-3H3,(H,35,36,40);4-6,9-15,17H,7-8H2,1-3H3;4-6,9-14,16H,7-8H2,1-3H3,(H,28,29,33);4-6,9-14,16H,7-8,25H2,1-3H3,(H,28,29,33);1H3;/q;;;;-1;. The Morgan fingerprint density at radius 3 is 1.15 bits per heavy atom. The summed E-state index contributed by atoms with van der Waals surface area (Å²) in [6.07, 6.45) is 33.0. The van der Waals surface area contributed by atoms with Gasteiger partial charge in [-0.05, 0) is 259 Å². The molecule has 6 N–H and O–H groups in total. The van der Waals surface area contributed by atoms with Crippen molar-refractivity contribution >= 4 is 57.5 Å². The van der Waals surface area contributed by atoms with Gasteiger partial charge in [-0.15, -0.1) is 40.8 Å². The summed E-state index contributed by atoms with van der Waals surface area (Å²) < 4.78 is 31.8. The summed E-state index contributed by atoms with van der Waals surface area (Å²) in [5.41, 5.74) is 23.8. The Morgan fingerprint density at radius 2 is 0.746 bits per heavy atom. The maximum Gasteiger partial charge on any atom is 0.267 e. The molecule has 13 aromatic heterocycles. The number of aromatic nitrogens is 26. The molecule has 0 aliphatic heterocycles. The summed E-state index contributed by atoms with van der Waals surface area (Å²) in [5, 5.41) is 45.4. The van der Waals surface area contributed by atoms with Crippen LogP contribution >= 0.6 is 0 Å². The van der Waals surface area contributed by atoms with E-state index in [1.54, 1.807) is 86.5 Å². The fourth-order valence-electron chi connectivity index (χ4n) is 16.7. The Balaban J connectivity index is 0.000000130. The number of hydrogen-bond acceptors (Lipinski definition) is 23. The Hall–Kier alpha value is -16.1. The number of nitrogen functional groups attached to an aromatic ring is 1. The second-order valence-electron chi connectivity index (χ2n) is 37.0. The summed E-state index contributed by atoms with van der Waals surface area (Å²) >= 11 is 0. The first-order chi connectivity index (χ1) is 67.8. The minimum absolute atomic E-state index is 0. The van der Waals surface area contributed by atoms with Gasteiger partial charge >= 0.3 is 0 Å². The van der Waals surface area contributed by atoms with Gasteiger partial charge in [-0.2, -0.15) is 0 Å². The van der Waals surface area contributed by atoms with Crippen LogP contribution in [0, 0.1) is 40.9 Å². The number of fused-ring (bicyclic) bond motifs is 1. The van der Waals surface area contributed by atoms with Crippen molar-refractivity contribution in [3.8, 4) is 74.6 Å². The van der Waals surface area contributed by atoms with E-state index in [1.807, 2.05) is 195 Å². The predicted octanol–water partition coefficient (Wildman–Crippen LogP) is 19.4. The first-order valence-electron chi connectivity index (χ1n) is 47.0. The first kappa shape index (κ1) is 97.5. The molecule has 0 radical (unpaired) electrons. The minimum Gasteiger partial charge on any atom is -0.398 e. The van der Waals surface area contributed by atoms with Crippen LogP contribution in [0.4, 0.5) is 33.2 Å². The molecule has 4 saturated carbocycles. The van der Waals surface area contributed by atoms with Crippen LogP contribution < -0.4 is 32.6 Å². The van der Waals surface area contributed by atoms with Crippen LogP contribution in [0.15, 0.2) is 238 Å². The van der Waals surface area contributed by atoms with E-state index < -0.39 is 11.7 Å². The number of halogens is 1. The van der Waals surface area contributed by atoms with Crippen molar-refractivity contribution in [2.24, 2.45) is 0 Å². The number of pyridine rings is 4. The van der Waals surface area contributed by atoms with Crippen molar-refractivity contribution in [1.29, 1.82) is 0 Å². The fourth-order valence-corrected chi connectivity index (χ4v) is 16.7. The third kappa shape index (κ3) is 21.7. The average molecular weight is 2070 g/mol. The monoisotopic (exact) mass is 2070 g/mol. The van der Waals surface area contributed by atoms with E-state index in [1.165, 1.54) is 55.5 Å². The number of rotatable bonds is 26. The summed E-state index contributed by atoms with van der Waals surface area (Å²) in [4.78, 5) is 94.6. The van der Waals surface area contributed by atoms with Crippen molar-refractivity contribution < 1.29 is 39.8 Å². The smallest absolute Gasteiger partial charge is 0.267 e. The number of imidazole rings is 4. The Labute approximate surface area is 833 Å². The van der Waals surface area contributed by atoms with Gasteiger partial charge in [0.25, 0.3) is 23.3 Å². The van der Waals surface area contributed by atoms with E-state index in [0.29, 0.717) is 133 Å². The molecule has 35 nitrogen and oxygen atoms in total. The van der Waals surface area contributed by atoms with Crippen LogP contribution in [-0.4, -0.2) is 144 Å². The molecule has 22 rings (SSSR count). The van der Waals surface area contributed by atoms with E-state index >= 15 is 0 Å². The number of carbonyl (C=O) groups is 3. The van der Waals surface area contributed by atoms with Crippen LogP contribution in [0.1, 0.15) is 236 Å². The second kappa shape index (κ2) is 41.9.